The van der Waals surface area contributed by atoms with E-state index in [1.807, 2.05) is 0 Å². The molecule has 0 bridgehead atoms. The third-order valence-corrected chi connectivity index (χ3v) is 46.3. The Kier molecular flexibility index (Phi) is 7.73. The molecule has 0 radical (unpaired) electrons. The van der Waals surface area contributed by atoms with Crippen LogP contribution in [-0.4, -0.2) is 49.5 Å². The zero-order valence-corrected chi connectivity index (χ0v) is 22.6. The van der Waals surface area contributed by atoms with E-state index in [2.05, 4.69) is 77.8 Å². The molecule has 0 aliphatic carbocycles. The van der Waals surface area contributed by atoms with Crippen LogP contribution >= 0.6 is 0 Å². The molecule has 3 nitrogen and oxygen atoms in total. The number of aliphatic imine (C=N–C) groups is 1. The Bertz CT molecular complexity index is 468. The van der Waals surface area contributed by atoms with Gasteiger partial charge in [-0.2, -0.15) is 0 Å². The summed E-state index contributed by atoms with van der Waals surface area (Å²) in [5, 5.41) is 0. The molecule has 7 heteroatoms. The molecule has 0 aromatic heterocycles. The maximum absolute atomic E-state index is 7.07. The third-order valence-electron chi connectivity index (χ3n) is 5.80. The molecule has 0 N–H and O–H groups in total. The molecule has 25 heavy (non-hydrogen) atoms. The molecule has 1 heterocycles. The van der Waals surface area contributed by atoms with Crippen LogP contribution < -0.4 is 0 Å². The fourth-order valence-corrected chi connectivity index (χ4v) is 43.7. The van der Waals surface area contributed by atoms with Crippen molar-refractivity contribution in [3.63, 3.8) is 0 Å². The summed E-state index contributed by atoms with van der Waals surface area (Å²) >= 11 is 0. The molecule has 1 saturated heterocycles. The second-order valence-corrected chi connectivity index (χ2v) is 40.5. The molecular formula is C18H43NO2Si4. The minimum absolute atomic E-state index is 0.0243. The van der Waals surface area contributed by atoms with E-state index in [1.165, 1.54) is 18.9 Å². The van der Waals surface area contributed by atoms with Gasteiger partial charge >= 0.3 is 8.08 Å². The van der Waals surface area contributed by atoms with Crippen molar-refractivity contribution in [2.24, 2.45) is 4.99 Å². The van der Waals surface area contributed by atoms with Crippen LogP contribution in [0.5, 0.6) is 0 Å². The Labute approximate surface area is 161 Å². The Hall–Kier alpha value is 0.458. The lowest BCUT2D eigenvalue weighted by Gasteiger charge is -2.60. The van der Waals surface area contributed by atoms with Crippen LogP contribution in [0, 0.1) is 0 Å². The van der Waals surface area contributed by atoms with Gasteiger partial charge in [0.15, 0.2) is 8.32 Å². The summed E-state index contributed by atoms with van der Waals surface area (Å²) < 4.78 is 14.1. The van der Waals surface area contributed by atoms with Gasteiger partial charge in [-0.15, -0.1) is 0 Å². The van der Waals surface area contributed by atoms with Gasteiger partial charge in [0.05, 0.1) is 5.60 Å². The molecule has 0 amide bonds. The van der Waals surface area contributed by atoms with E-state index in [-0.39, 0.29) is 5.60 Å². The van der Waals surface area contributed by atoms with E-state index in [4.69, 9.17) is 8.54 Å². The van der Waals surface area contributed by atoms with Gasteiger partial charge in [-0.05, 0) is 64.6 Å². The van der Waals surface area contributed by atoms with Gasteiger partial charge in [0.25, 0.3) is 0 Å². The van der Waals surface area contributed by atoms with Crippen molar-refractivity contribution in [3.8, 4) is 0 Å². The fourth-order valence-electron chi connectivity index (χ4n) is 4.15. The maximum atomic E-state index is 7.07. The van der Waals surface area contributed by atoms with Gasteiger partial charge < -0.3 is 8.54 Å². The van der Waals surface area contributed by atoms with Crippen molar-refractivity contribution in [1.29, 1.82) is 0 Å². The first-order chi connectivity index (χ1) is 11.2. The van der Waals surface area contributed by atoms with Crippen molar-refractivity contribution >= 4 is 37.3 Å². The average molecular weight is 418 g/mol. The molecule has 1 rings (SSSR count). The quantitative estimate of drug-likeness (QED) is 0.278. The highest BCUT2D eigenvalue weighted by Gasteiger charge is 2.67. The van der Waals surface area contributed by atoms with Gasteiger partial charge in [0, 0.05) is 14.1 Å². The zero-order valence-electron chi connectivity index (χ0n) is 18.6. The van der Waals surface area contributed by atoms with Crippen LogP contribution in [0.4, 0.5) is 0 Å². The van der Waals surface area contributed by atoms with Crippen molar-refractivity contribution < 1.29 is 8.54 Å². The summed E-state index contributed by atoms with van der Waals surface area (Å²) in [6.07, 6.45) is 5.58. The molecule has 0 aromatic carbocycles. The molecule has 1 unspecified atom stereocenters. The van der Waals surface area contributed by atoms with Crippen LogP contribution in [-0.2, 0) is 8.54 Å². The molecule has 148 valence electrons. The SMILES string of the molecule is CCCCN=CCC[Si]1(O[Si](C)(C)C)OC(C)(C)C[Si](C)(C)[Si]1(C)C. The number of hydrogen-bond donors (Lipinski definition) is 0. The zero-order chi connectivity index (χ0) is 19.6. The van der Waals surface area contributed by atoms with Gasteiger partial charge in [-0.25, -0.2) is 0 Å². The number of rotatable bonds is 8. The molecule has 0 aromatic rings. The second kappa shape index (κ2) is 8.22. The first-order valence-electron chi connectivity index (χ1n) is 10.1. The average Bonchev–Trinajstić information content (AvgIpc) is 2.37. The maximum Gasteiger partial charge on any atom is 0.304 e. The van der Waals surface area contributed by atoms with E-state index < -0.39 is 31.1 Å². The number of unbranched alkanes of at least 4 members (excludes halogenated alkanes) is 1. The summed E-state index contributed by atoms with van der Waals surface area (Å²) in [6, 6.07) is 2.37. The Morgan fingerprint density at radius 2 is 1.76 bits per heavy atom. The van der Waals surface area contributed by atoms with Crippen LogP contribution in [0.2, 0.25) is 57.9 Å². The molecule has 1 aliphatic heterocycles. The summed E-state index contributed by atoms with van der Waals surface area (Å²) in [5.41, 5.74) is -0.0243. The number of nitrogens with zero attached hydrogens (tertiary/aromatic N) is 1. The van der Waals surface area contributed by atoms with E-state index in [0.29, 0.717) is 0 Å². The van der Waals surface area contributed by atoms with Gasteiger partial charge in [0.2, 0.25) is 0 Å². The highest BCUT2D eigenvalue weighted by atomic mass is 29.7. The normalized spacial score (nSPS) is 28.4. The van der Waals surface area contributed by atoms with Crippen LogP contribution in [0.25, 0.3) is 0 Å². The molecule has 0 spiro atoms. The smallest absolute Gasteiger partial charge is 0.304 e. The summed E-state index contributed by atoms with van der Waals surface area (Å²) in [6.45, 7) is 25.2. The standard InChI is InChI=1S/C18H43NO2Si4/c1-11-12-14-19-15-13-16-25(21-22(4,5)6)20-18(2,3)17-23(7,8)24(25,9)10/h15H,11-14,16-17H2,1-10H3. The number of hydrogen-bond acceptors (Lipinski definition) is 3. The molecule has 1 fully saturated rings. The monoisotopic (exact) mass is 417 g/mol. The van der Waals surface area contributed by atoms with E-state index in [9.17, 15) is 0 Å². The van der Waals surface area contributed by atoms with Crippen LogP contribution in [0.3, 0.4) is 0 Å². The predicted octanol–water partition coefficient (Wildman–Crippen LogP) is 5.92. The topological polar surface area (TPSA) is 30.8 Å². The first kappa shape index (κ1) is 23.5. The first-order valence-corrected chi connectivity index (χ1v) is 23.7. The Morgan fingerprint density at radius 3 is 2.28 bits per heavy atom. The molecule has 1 atom stereocenters. The minimum atomic E-state index is -2.21. The lowest BCUT2D eigenvalue weighted by atomic mass is 10.2. The molecule has 1 aliphatic rings. The highest BCUT2D eigenvalue weighted by molar-refractivity contribution is 7.67. The molecule has 0 saturated carbocycles. The minimum Gasteiger partial charge on any atom is -0.439 e. The van der Waals surface area contributed by atoms with E-state index in [1.54, 1.807) is 0 Å². The third kappa shape index (κ3) is 5.97. The van der Waals surface area contributed by atoms with Crippen molar-refractivity contribution in [3.05, 3.63) is 0 Å². The summed E-state index contributed by atoms with van der Waals surface area (Å²) in [7, 11) is -6.78. The Balaban J connectivity index is 3.13. The van der Waals surface area contributed by atoms with E-state index >= 15 is 0 Å². The van der Waals surface area contributed by atoms with Crippen molar-refractivity contribution in [2.75, 3.05) is 6.54 Å². The Morgan fingerprint density at radius 1 is 1.16 bits per heavy atom. The van der Waals surface area contributed by atoms with Gasteiger partial charge in [-0.1, -0.05) is 39.5 Å². The molecular weight excluding hydrogens is 375 g/mol. The van der Waals surface area contributed by atoms with Crippen LogP contribution in [0.15, 0.2) is 4.99 Å². The van der Waals surface area contributed by atoms with E-state index in [0.717, 1.165) is 19.0 Å². The van der Waals surface area contributed by atoms with Crippen molar-refractivity contribution in [2.45, 2.75) is 104 Å². The second-order valence-electron chi connectivity index (χ2n) is 10.5. The van der Waals surface area contributed by atoms with Gasteiger partial charge in [0.1, 0.15) is 7.11 Å². The largest absolute Gasteiger partial charge is 0.439 e. The lowest BCUT2D eigenvalue weighted by molar-refractivity contribution is 0.0915. The van der Waals surface area contributed by atoms with Gasteiger partial charge in [-0.3, -0.25) is 4.99 Å². The fraction of sp³-hybridized carbons (Fsp3) is 0.944. The predicted molar refractivity (Wildman–Crippen MR) is 123 cm³/mol. The highest BCUT2D eigenvalue weighted by Crippen LogP contribution is 2.47. The summed E-state index contributed by atoms with van der Waals surface area (Å²) in [4.78, 5) is 4.62. The van der Waals surface area contributed by atoms with Crippen LogP contribution in [0.1, 0.15) is 40.0 Å². The van der Waals surface area contributed by atoms with Crippen molar-refractivity contribution in [1.82, 2.24) is 0 Å². The summed E-state index contributed by atoms with van der Waals surface area (Å²) in [5.74, 6) is 0. The lowest BCUT2D eigenvalue weighted by Crippen LogP contribution is -2.82.